The molecule has 2 aromatic carbocycles. The van der Waals surface area contributed by atoms with Crippen molar-refractivity contribution in [3.8, 4) is 11.5 Å². The van der Waals surface area contributed by atoms with E-state index in [1.54, 1.807) is 14.2 Å². The van der Waals surface area contributed by atoms with Gasteiger partial charge in [-0.25, -0.2) is 0 Å². The highest BCUT2D eigenvalue weighted by atomic mass is 16.5. The Morgan fingerprint density at radius 2 is 1.75 bits per heavy atom. The predicted molar refractivity (Wildman–Crippen MR) is 129 cm³/mol. The van der Waals surface area contributed by atoms with Crippen molar-refractivity contribution in [2.45, 2.75) is 19.4 Å². The highest BCUT2D eigenvalue weighted by Gasteiger charge is 2.24. The van der Waals surface area contributed by atoms with Crippen LogP contribution in [0, 0.1) is 0 Å². The molecule has 0 bridgehead atoms. The molecule has 1 aliphatic heterocycles. The Kier molecular flexibility index (Phi) is 9.13. The van der Waals surface area contributed by atoms with Gasteiger partial charge in [0.2, 0.25) is 5.91 Å². The molecule has 6 nitrogen and oxygen atoms in total. The molecule has 32 heavy (non-hydrogen) atoms. The third-order valence-electron chi connectivity index (χ3n) is 5.97. The number of carbonyl (C=O) groups is 1. The minimum atomic E-state index is -0.123. The number of amides is 1. The van der Waals surface area contributed by atoms with Crippen LogP contribution in [0.3, 0.4) is 0 Å². The fourth-order valence-corrected chi connectivity index (χ4v) is 3.91. The first-order valence-electron chi connectivity index (χ1n) is 11.3. The summed E-state index contributed by atoms with van der Waals surface area (Å²) in [6.07, 6.45) is 5.14. The average molecular weight is 438 g/mol. The Balaban J connectivity index is 1.37. The molecule has 2 aromatic rings. The van der Waals surface area contributed by atoms with Gasteiger partial charge in [0.15, 0.2) is 11.5 Å². The van der Waals surface area contributed by atoms with Gasteiger partial charge in [-0.1, -0.05) is 48.6 Å². The number of nitrogens with zero attached hydrogens (tertiary/aromatic N) is 2. The maximum atomic E-state index is 12.6. The highest BCUT2D eigenvalue weighted by Crippen LogP contribution is 2.27. The second-order valence-electron chi connectivity index (χ2n) is 8.06. The number of hydrogen-bond acceptors (Lipinski definition) is 5. The van der Waals surface area contributed by atoms with E-state index in [1.165, 1.54) is 5.56 Å². The van der Waals surface area contributed by atoms with Crippen LogP contribution in [0.4, 0.5) is 0 Å². The standard InChI is InChI=1S/C26H35N3O3/c1-21(26(30)27-14-13-23-11-12-24(31-2)25(20-23)32-3)29-18-16-28(17-19-29)15-7-10-22-8-5-4-6-9-22/h4-12,20-21H,13-19H2,1-3H3,(H,27,30)/b10-7+. The topological polar surface area (TPSA) is 54.0 Å². The van der Waals surface area contributed by atoms with Crippen molar-refractivity contribution in [1.82, 2.24) is 15.1 Å². The summed E-state index contributed by atoms with van der Waals surface area (Å²) in [5.41, 5.74) is 2.33. The molecule has 3 rings (SSSR count). The molecule has 1 N–H and O–H groups in total. The van der Waals surface area contributed by atoms with E-state index in [4.69, 9.17) is 9.47 Å². The van der Waals surface area contributed by atoms with Gasteiger partial charge in [0, 0.05) is 39.3 Å². The van der Waals surface area contributed by atoms with Crippen LogP contribution in [-0.2, 0) is 11.2 Å². The monoisotopic (exact) mass is 437 g/mol. The summed E-state index contributed by atoms with van der Waals surface area (Å²) in [6.45, 7) is 7.30. The summed E-state index contributed by atoms with van der Waals surface area (Å²) in [6, 6.07) is 16.1. The quantitative estimate of drug-likeness (QED) is 0.619. The summed E-state index contributed by atoms with van der Waals surface area (Å²) >= 11 is 0. The summed E-state index contributed by atoms with van der Waals surface area (Å²) in [5, 5.41) is 3.08. The molecule has 0 aromatic heterocycles. The van der Waals surface area contributed by atoms with Crippen molar-refractivity contribution in [1.29, 1.82) is 0 Å². The van der Waals surface area contributed by atoms with Crippen molar-refractivity contribution in [3.05, 3.63) is 65.7 Å². The first kappa shape index (κ1) is 23.8. The number of hydrogen-bond donors (Lipinski definition) is 1. The largest absolute Gasteiger partial charge is 0.493 e. The zero-order chi connectivity index (χ0) is 22.8. The molecule has 172 valence electrons. The Morgan fingerprint density at radius 3 is 2.44 bits per heavy atom. The first-order chi connectivity index (χ1) is 15.6. The van der Waals surface area contributed by atoms with Gasteiger partial charge in [-0.3, -0.25) is 14.6 Å². The van der Waals surface area contributed by atoms with Crippen molar-refractivity contribution in [2.75, 3.05) is 53.5 Å². The third-order valence-corrected chi connectivity index (χ3v) is 5.97. The lowest BCUT2D eigenvalue weighted by Crippen LogP contribution is -2.54. The molecule has 1 amide bonds. The van der Waals surface area contributed by atoms with Gasteiger partial charge in [-0.15, -0.1) is 0 Å². The van der Waals surface area contributed by atoms with Crippen molar-refractivity contribution in [2.24, 2.45) is 0 Å². The number of rotatable bonds is 10. The maximum Gasteiger partial charge on any atom is 0.237 e. The normalized spacial score (nSPS) is 16.1. The van der Waals surface area contributed by atoms with Gasteiger partial charge >= 0.3 is 0 Å². The van der Waals surface area contributed by atoms with Gasteiger partial charge < -0.3 is 14.8 Å². The minimum absolute atomic E-state index is 0.0860. The molecule has 6 heteroatoms. The molecule has 1 fully saturated rings. The summed E-state index contributed by atoms with van der Waals surface area (Å²) in [7, 11) is 3.25. The molecule has 1 heterocycles. The molecule has 1 atom stereocenters. The van der Waals surface area contributed by atoms with Crippen LogP contribution < -0.4 is 14.8 Å². The second kappa shape index (κ2) is 12.3. The third kappa shape index (κ3) is 6.84. The smallest absolute Gasteiger partial charge is 0.237 e. The van der Waals surface area contributed by atoms with Gasteiger partial charge in [-0.2, -0.15) is 0 Å². The SMILES string of the molecule is COc1ccc(CCNC(=O)C(C)N2CCN(C/C=C/c3ccccc3)CC2)cc1OC. The van der Waals surface area contributed by atoms with Crippen LogP contribution in [0.25, 0.3) is 6.08 Å². The van der Waals surface area contributed by atoms with Crippen molar-refractivity contribution >= 4 is 12.0 Å². The van der Waals surface area contributed by atoms with Crippen LogP contribution in [0.1, 0.15) is 18.1 Å². The van der Waals surface area contributed by atoms with E-state index in [9.17, 15) is 4.79 Å². The van der Waals surface area contributed by atoms with Crippen LogP contribution in [-0.4, -0.2) is 75.2 Å². The molecule has 0 spiro atoms. The van der Waals surface area contributed by atoms with Gasteiger partial charge in [0.05, 0.1) is 20.3 Å². The van der Waals surface area contributed by atoms with Crippen molar-refractivity contribution < 1.29 is 14.3 Å². The van der Waals surface area contributed by atoms with Gasteiger partial charge in [0.1, 0.15) is 0 Å². The predicted octanol–water partition coefficient (Wildman–Crippen LogP) is 3.08. The molecule has 0 aliphatic carbocycles. The number of nitrogens with one attached hydrogen (secondary N) is 1. The zero-order valence-electron chi connectivity index (χ0n) is 19.4. The fourth-order valence-electron chi connectivity index (χ4n) is 3.91. The summed E-state index contributed by atoms with van der Waals surface area (Å²) < 4.78 is 10.6. The first-order valence-corrected chi connectivity index (χ1v) is 11.3. The van der Waals surface area contributed by atoms with Crippen LogP contribution >= 0.6 is 0 Å². The van der Waals surface area contributed by atoms with E-state index in [-0.39, 0.29) is 11.9 Å². The van der Waals surface area contributed by atoms with Gasteiger partial charge in [0.25, 0.3) is 0 Å². The number of carbonyl (C=O) groups excluding carboxylic acids is 1. The van der Waals surface area contributed by atoms with E-state index >= 15 is 0 Å². The molecule has 1 aliphatic rings. The van der Waals surface area contributed by atoms with E-state index in [1.807, 2.05) is 31.2 Å². The fraction of sp³-hybridized carbons (Fsp3) is 0.423. The Hall–Kier alpha value is -2.83. The second-order valence-corrected chi connectivity index (χ2v) is 8.06. The summed E-state index contributed by atoms with van der Waals surface area (Å²) in [4.78, 5) is 17.3. The van der Waals surface area contributed by atoms with Crippen LogP contribution in [0.2, 0.25) is 0 Å². The van der Waals surface area contributed by atoms with Crippen LogP contribution in [0.5, 0.6) is 11.5 Å². The Bertz CT molecular complexity index is 877. The molecular formula is C26H35N3O3. The highest BCUT2D eigenvalue weighted by molar-refractivity contribution is 5.81. The zero-order valence-corrected chi connectivity index (χ0v) is 19.4. The van der Waals surface area contributed by atoms with E-state index in [2.05, 4.69) is 51.5 Å². The molecule has 1 unspecified atom stereocenters. The average Bonchev–Trinajstić information content (AvgIpc) is 2.84. The van der Waals surface area contributed by atoms with E-state index in [0.717, 1.165) is 44.7 Å². The maximum absolute atomic E-state index is 12.6. The lowest BCUT2D eigenvalue weighted by Gasteiger charge is -2.37. The molecular weight excluding hydrogens is 402 g/mol. The number of ether oxygens (including phenoxy) is 2. The lowest BCUT2D eigenvalue weighted by molar-refractivity contribution is -0.126. The van der Waals surface area contributed by atoms with Crippen LogP contribution in [0.15, 0.2) is 54.6 Å². The Labute approximate surface area is 191 Å². The summed E-state index contributed by atoms with van der Waals surface area (Å²) in [5.74, 6) is 1.51. The van der Waals surface area contributed by atoms with Crippen molar-refractivity contribution in [3.63, 3.8) is 0 Å². The Morgan fingerprint density at radius 1 is 1.03 bits per heavy atom. The lowest BCUT2D eigenvalue weighted by atomic mass is 10.1. The van der Waals surface area contributed by atoms with E-state index in [0.29, 0.717) is 18.0 Å². The number of benzene rings is 2. The molecule has 0 radical (unpaired) electrons. The van der Waals surface area contributed by atoms with E-state index < -0.39 is 0 Å². The number of piperazine rings is 1. The number of methoxy groups -OCH3 is 2. The minimum Gasteiger partial charge on any atom is -0.493 e. The van der Waals surface area contributed by atoms with Gasteiger partial charge in [-0.05, 0) is 36.6 Å². The molecule has 0 saturated carbocycles. The molecule has 1 saturated heterocycles.